The predicted octanol–water partition coefficient (Wildman–Crippen LogP) is 7.47. The minimum absolute atomic E-state index is 0.0207. The van der Waals surface area contributed by atoms with E-state index in [9.17, 15) is 9.18 Å². The number of fused-ring (bicyclic) bond motifs is 1. The van der Waals surface area contributed by atoms with Gasteiger partial charge in [0.1, 0.15) is 11.5 Å². The Labute approximate surface area is 205 Å². The molecule has 0 radical (unpaired) electrons. The highest BCUT2D eigenvalue weighted by atomic mass is 35.5. The largest absolute Gasteiger partial charge is 0.357 e. The smallest absolute Gasteiger partial charge is 0.227 e. The third-order valence-electron chi connectivity index (χ3n) is 6.91. The zero-order chi connectivity index (χ0) is 23.4. The molecule has 0 spiro atoms. The standard InChI is InChI=1S/C26H32Cl2FN3O/c1-2-3-5-10-20(25(33)30-19-8-6-4-7-9-19)26(17-11-13-18(27)14-12-17)31-23-15-21(28)22(29)16-24(23)32-26/h11-16,19-20,31-32H,2-10H2,1H3,(H,30,33)/t20-,26?/m1/s1. The lowest BCUT2D eigenvalue weighted by Gasteiger charge is -2.39. The number of nitrogens with one attached hydrogen (secondary N) is 3. The number of benzene rings is 2. The van der Waals surface area contributed by atoms with Gasteiger partial charge >= 0.3 is 0 Å². The van der Waals surface area contributed by atoms with Crippen LogP contribution in [0.2, 0.25) is 10.0 Å². The van der Waals surface area contributed by atoms with Crippen LogP contribution in [0.1, 0.15) is 70.3 Å². The minimum Gasteiger partial charge on any atom is -0.357 e. The zero-order valence-electron chi connectivity index (χ0n) is 19.0. The molecule has 7 heteroatoms. The molecular formula is C26H32Cl2FN3O. The van der Waals surface area contributed by atoms with Gasteiger partial charge in [0.15, 0.2) is 0 Å². The lowest BCUT2D eigenvalue weighted by Crippen LogP contribution is -2.54. The summed E-state index contributed by atoms with van der Waals surface area (Å²) in [7, 11) is 0. The van der Waals surface area contributed by atoms with Gasteiger partial charge in [0.05, 0.1) is 22.3 Å². The SMILES string of the molecule is CCCCC[C@H](C(=O)NC1CCCCC1)C1(c2ccc(Cl)cc2)Nc2cc(F)c(Cl)cc2N1. The highest BCUT2D eigenvalue weighted by molar-refractivity contribution is 6.31. The van der Waals surface area contributed by atoms with Gasteiger partial charge in [-0.15, -0.1) is 0 Å². The number of halogens is 3. The van der Waals surface area contributed by atoms with Gasteiger partial charge < -0.3 is 16.0 Å². The van der Waals surface area contributed by atoms with E-state index in [-0.39, 0.29) is 17.0 Å². The van der Waals surface area contributed by atoms with E-state index in [4.69, 9.17) is 23.2 Å². The van der Waals surface area contributed by atoms with Gasteiger partial charge in [0.2, 0.25) is 5.91 Å². The van der Waals surface area contributed by atoms with Crippen LogP contribution < -0.4 is 16.0 Å². The molecule has 4 nitrogen and oxygen atoms in total. The van der Waals surface area contributed by atoms with Gasteiger partial charge in [-0.3, -0.25) is 4.79 Å². The van der Waals surface area contributed by atoms with Crippen molar-refractivity contribution in [3.05, 3.63) is 57.8 Å². The molecule has 0 aromatic heterocycles. The molecule has 2 aromatic carbocycles. The van der Waals surface area contributed by atoms with Crippen molar-refractivity contribution in [3.63, 3.8) is 0 Å². The molecule has 2 aliphatic rings. The predicted molar refractivity (Wildman–Crippen MR) is 134 cm³/mol. The molecule has 178 valence electrons. The Morgan fingerprint density at radius 3 is 2.42 bits per heavy atom. The normalized spacial score (nSPS) is 21.1. The highest BCUT2D eigenvalue weighted by Gasteiger charge is 2.48. The molecule has 1 aliphatic carbocycles. The first-order chi connectivity index (χ1) is 15.9. The van der Waals surface area contributed by atoms with E-state index in [0.29, 0.717) is 22.8 Å². The van der Waals surface area contributed by atoms with Crippen LogP contribution >= 0.6 is 23.2 Å². The molecule has 2 aromatic rings. The van der Waals surface area contributed by atoms with E-state index in [2.05, 4.69) is 22.9 Å². The van der Waals surface area contributed by atoms with Gasteiger partial charge in [-0.05, 0) is 43.0 Å². The van der Waals surface area contributed by atoms with Gasteiger partial charge in [0, 0.05) is 17.1 Å². The number of anilines is 2. The maximum atomic E-state index is 14.3. The van der Waals surface area contributed by atoms with E-state index >= 15 is 0 Å². The molecule has 3 N–H and O–H groups in total. The maximum Gasteiger partial charge on any atom is 0.227 e. The van der Waals surface area contributed by atoms with Gasteiger partial charge in [0.25, 0.3) is 0 Å². The summed E-state index contributed by atoms with van der Waals surface area (Å²) in [5, 5.41) is 11.0. The molecule has 0 saturated heterocycles. The van der Waals surface area contributed by atoms with Crippen LogP contribution in [0.25, 0.3) is 0 Å². The Balaban J connectivity index is 1.73. The van der Waals surface area contributed by atoms with Gasteiger partial charge in [-0.25, -0.2) is 4.39 Å². The Hall–Kier alpha value is -1.98. The molecular weight excluding hydrogens is 460 g/mol. The van der Waals surface area contributed by atoms with Crippen molar-refractivity contribution >= 4 is 40.5 Å². The van der Waals surface area contributed by atoms with Crippen LogP contribution in [0.5, 0.6) is 0 Å². The fourth-order valence-electron chi connectivity index (χ4n) is 5.13. The summed E-state index contributed by atoms with van der Waals surface area (Å²) in [6.07, 6.45) is 9.27. The highest BCUT2D eigenvalue weighted by Crippen LogP contribution is 2.47. The van der Waals surface area contributed by atoms with Crippen molar-refractivity contribution in [1.29, 1.82) is 0 Å². The lowest BCUT2D eigenvalue weighted by molar-refractivity contribution is -0.127. The second kappa shape index (κ2) is 10.5. The van der Waals surface area contributed by atoms with Crippen LogP contribution in [-0.2, 0) is 10.5 Å². The third kappa shape index (κ3) is 5.25. The van der Waals surface area contributed by atoms with Crippen LogP contribution in [0.4, 0.5) is 15.8 Å². The average Bonchev–Trinajstić information content (AvgIpc) is 3.17. The number of hydrogen-bond donors (Lipinski definition) is 3. The summed E-state index contributed by atoms with van der Waals surface area (Å²) in [5.41, 5.74) is 1.22. The molecule has 1 fully saturated rings. The molecule has 33 heavy (non-hydrogen) atoms. The Morgan fingerprint density at radius 1 is 1.09 bits per heavy atom. The summed E-state index contributed by atoms with van der Waals surface area (Å²) in [5.74, 6) is -0.889. The third-order valence-corrected chi connectivity index (χ3v) is 7.45. The first kappa shape index (κ1) is 24.2. The van der Waals surface area contributed by atoms with Gasteiger partial charge in [-0.2, -0.15) is 0 Å². The summed E-state index contributed by atoms with van der Waals surface area (Å²) < 4.78 is 14.3. The molecule has 1 saturated carbocycles. The Kier molecular flexibility index (Phi) is 7.70. The number of carbonyl (C=O) groups is 1. The molecule has 1 unspecified atom stereocenters. The van der Waals surface area contributed by atoms with Crippen LogP contribution in [0, 0.1) is 11.7 Å². The van der Waals surface area contributed by atoms with Gasteiger partial charge in [-0.1, -0.05) is 80.8 Å². The first-order valence-corrected chi connectivity index (χ1v) is 12.8. The fourth-order valence-corrected chi connectivity index (χ4v) is 5.42. The second-order valence-electron chi connectivity index (χ2n) is 9.27. The first-order valence-electron chi connectivity index (χ1n) is 12.0. The van der Waals surface area contributed by atoms with Crippen molar-refractivity contribution in [1.82, 2.24) is 5.32 Å². The molecule has 1 amide bonds. The van der Waals surface area contributed by atoms with Crippen LogP contribution in [-0.4, -0.2) is 11.9 Å². The zero-order valence-corrected chi connectivity index (χ0v) is 20.5. The molecule has 2 atom stereocenters. The molecule has 1 heterocycles. The quantitative estimate of drug-likeness (QED) is 0.335. The Morgan fingerprint density at radius 2 is 1.76 bits per heavy atom. The number of rotatable bonds is 8. The lowest BCUT2D eigenvalue weighted by atomic mass is 9.81. The summed E-state index contributed by atoms with van der Waals surface area (Å²) >= 11 is 12.3. The van der Waals surface area contributed by atoms with Crippen molar-refractivity contribution < 1.29 is 9.18 Å². The van der Waals surface area contributed by atoms with Crippen molar-refractivity contribution in [2.24, 2.45) is 5.92 Å². The van der Waals surface area contributed by atoms with Crippen molar-refractivity contribution in [2.75, 3.05) is 10.6 Å². The van der Waals surface area contributed by atoms with E-state index in [1.165, 1.54) is 12.5 Å². The fraction of sp³-hybridized carbons (Fsp3) is 0.500. The number of carbonyl (C=O) groups excluding carboxylic acids is 1. The summed E-state index contributed by atoms with van der Waals surface area (Å²) in [6, 6.07) is 10.7. The summed E-state index contributed by atoms with van der Waals surface area (Å²) in [6.45, 7) is 2.15. The van der Waals surface area contributed by atoms with E-state index < -0.39 is 17.4 Å². The molecule has 4 rings (SSSR count). The van der Waals surface area contributed by atoms with E-state index in [1.807, 2.05) is 24.3 Å². The summed E-state index contributed by atoms with van der Waals surface area (Å²) in [4.78, 5) is 13.8. The number of amides is 1. The van der Waals surface area contributed by atoms with E-state index in [1.54, 1.807) is 6.07 Å². The molecule has 0 bridgehead atoms. The topological polar surface area (TPSA) is 53.2 Å². The van der Waals surface area contributed by atoms with E-state index in [0.717, 1.165) is 50.5 Å². The maximum absolute atomic E-state index is 14.3. The molecule has 1 aliphatic heterocycles. The van der Waals surface area contributed by atoms with Crippen LogP contribution in [0.15, 0.2) is 36.4 Å². The number of hydrogen-bond acceptors (Lipinski definition) is 3. The second-order valence-corrected chi connectivity index (χ2v) is 10.1. The average molecular weight is 492 g/mol. The monoisotopic (exact) mass is 491 g/mol. The van der Waals surface area contributed by atoms with Crippen molar-refractivity contribution in [3.8, 4) is 0 Å². The number of unbranched alkanes of at least 4 members (excludes halogenated alkanes) is 2. The van der Waals surface area contributed by atoms with Crippen molar-refractivity contribution in [2.45, 2.75) is 76.4 Å². The Bertz CT molecular complexity index is 945. The van der Waals surface area contributed by atoms with Crippen LogP contribution in [0.3, 0.4) is 0 Å². The minimum atomic E-state index is -0.934.